The van der Waals surface area contributed by atoms with E-state index < -0.39 is 0 Å². The van der Waals surface area contributed by atoms with E-state index in [-0.39, 0.29) is 11.8 Å². The molecule has 3 rings (SSSR count). The largest absolute Gasteiger partial charge is 0.381 e. The fourth-order valence-electron chi connectivity index (χ4n) is 2.50. The van der Waals surface area contributed by atoms with Crippen LogP contribution in [-0.2, 0) is 9.53 Å². The van der Waals surface area contributed by atoms with E-state index in [2.05, 4.69) is 10.3 Å². The SMILES string of the molecule is O=C(Nc1nc(-c2ccccc2Cl)cs1)C1CCCOCC1. The quantitative estimate of drug-likeness (QED) is 0.913. The lowest BCUT2D eigenvalue weighted by molar-refractivity contribution is -0.120. The number of carbonyl (C=O) groups excluding carboxylic acids is 1. The summed E-state index contributed by atoms with van der Waals surface area (Å²) in [6.45, 7) is 1.40. The van der Waals surface area contributed by atoms with E-state index in [4.69, 9.17) is 16.3 Å². The van der Waals surface area contributed by atoms with E-state index in [0.717, 1.165) is 37.1 Å². The van der Waals surface area contributed by atoms with E-state index in [1.807, 2.05) is 29.6 Å². The zero-order chi connectivity index (χ0) is 15.4. The van der Waals surface area contributed by atoms with Crippen molar-refractivity contribution in [3.05, 3.63) is 34.7 Å². The Kier molecular flexibility index (Phi) is 5.08. The van der Waals surface area contributed by atoms with Crippen LogP contribution in [0.4, 0.5) is 5.13 Å². The fourth-order valence-corrected chi connectivity index (χ4v) is 3.44. The van der Waals surface area contributed by atoms with Gasteiger partial charge in [0.15, 0.2) is 5.13 Å². The van der Waals surface area contributed by atoms with Gasteiger partial charge in [-0.2, -0.15) is 0 Å². The highest BCUT2D eigenvalue weighted by Crippen LogP contribution is 2.30. The molecule has 1 aromatic carbocycles. The third-order valence-electron chi connectivity index (χ3n) is 3.71. The molecule has 1 saturated heterocycles. The number of carbonyl (C=O) groups is 1. The first kappa shape index (κ1) is 15.5. The normalized spacial score (nSPS) is 18.7. The Morgan fingerprint density at radius 3 is 3.05 bits per heavy atom. The Hall–Kier alpha value is -1.43. The molecule has 2 aromatic rings. The Balaban J connectivity index is 1.69. The monoisotopic (exact) mass is 336 g/mol. The molecular formula is C16H17ClN2O2S. The summed E-state index contributed by atoms with van der Waals surface area (Å²) in [5.74, 6) is 0.0423. The van der Waals surface area contributed by atoms with Gasteiger partial charge in [0.1, 0.15) is 0 Å². The van der Waals surface area contributed by atoms with Gasteiger partial charge in [0.05, 0.1) is 5.69 Å². The van der Waals surface area contributed by atoms with Crippen LogP contribution in [0.5, 0.6) is 0 Å². The molecule has 1 aromatic heterocycles. The van der Waals surface area contributed by atoms with Crippen LogP contribution in [0.25, 0.3) is 11.3 Å². The molecular weight excluding hydrogens is 320 g/mol. The first-order chi connectivity index (χ1) is 10.7. The standard InChI is InChI=1S/C16H17ClN2O2S/c17-13-6-2-1-5-12(13)14-10-22-16(18-14)19-15(20)11-4-3-8-21-9-7-11/h1-2,5-6,10-11H,3-4,7-9H2,(H,18,19,20). The van der Waals surface area contributed by atoms with Crippen LogP contribution in [0.1, 0.15) is 19.3 Å². The van der Waals surface area contributed by atoms with Crippen LogP contribution in [0, 0.1) is 5.92 Å². The highest BCUT2D eigenvalue weighted by molar-refractivity contribution is 7.14. The number of halogens is 1. The van der Waals surface area contributed by atoms with E-state index in [1.54, 1.807) is 0 Å². The lowest BCUT2D eigenvalue weighted by atomic mass is 10.0. The van der Waals surface area contributed by atoms with Crippen molar-refractivity contribution in [2.45, 2.75) is 19.3 Å². The van der Waals surface area contributed by atoms with Crippen LogP contribution < -0.4 is 5.32 Å². The summed E-state index contributed by atoms with van der Waals surface area (Å²) in [7, 11) is 0. The van der Waals surface area contributed by atoms with Crippen molar-refractivity contribution < 1.29 is 9.53 Å². The van der Waals surface area contributed by atoms with E-state index in [1.165, 1.54) is 11.3 Å². The summed E-state index contributed by atoms with van der Waals surface area (Å²) in [6.07, 6.45) is 2.57. The van der Waals surface area contributed by atoms with E-state index in [9.17, 15) is 4.79 Å². The minimum atomic E-state index is 0.00941. The zero-order valence-corrected chi connectivity index (χ0v) is 13.6. The lowest BCUT2D eigenvalue weighted by Gasteiger charge is -2.11. The maximum Gasteiger partial charge on any atom is 0.229 e. The Morgan fingerprint density at radius 2 is 2.18 bits per heavy atom. The van der Waals surface area contributed by atoms with Crippen molar-refractivity contribution in [2.24, 2.45) is 5.92 Å². The van der Waals surface area contributed by atoms with Gasteiger partial charge in [0, 0.05) is 35.1 Å². The third-order valence-corrected chi connectivity index (χ3v) is 4.79. The molecule has 0 saturated carbocycles. The van der Waals surface area contributed by atoms with Crippen molar-refractivity contribution >= 4 is 34.0 Å². The van der Waals surface area contributed by atoms with Crippen LogP contribution >= 0.6 is 22.9 Å². The number of amides is 1. The Bertz CT molecular complexity index is 651. The van der Waals surface area contributed by atoms with Gasteiger partial charge in [-0.25, -0.2) is 4.98 Å². The minimum absolute atomic E-state index is 0.00941. The smallest absolute Gasteiger partial charge is 0.229 e. The number of thiazole rings is 1. The van der Waals surface area contributed by atoms with Crippen molar-refractivity contribution in [1.82, 2.24) is 4.98 Å². The first-order valence-corrected chi connectivity index (χ1v) is 8.59. The summed E-state index contributed by atoms with van der Waals surface area (Å²) in [5.41, 5.74) is 1.67. The van der Waals surface area contributed by atoms with Crippen LogP contribution in [0.3, 0.4) is 0 Å². The Labute approximate surface area is 138 Å². The number of nitrogens with one attached hydrogen (secondary N) is 1. The van der Waals surface area contributed by atoms with Crippen molar-refractivity contribution in [1.29, 1.82) is 0 Å². The maximum absolute atomic E-state index is 12.3. The zero-order valence-electron chi connectivity index (χ0n) is 12.0. The molecule has 6 heteroatoms. The average molecular weight is 337 g/mol. The molecule has 22 heavy (non-hydrogen) atoms. The van der Waals surface area contributed by atoms with Gasteiger partial charge in [0.2, 0.25) is 5.91 Å². The number of benzene rings is 1. The molecule has 2 heterocycles. The first-order valence-electron chi connectivity index (χ1n) is 7.33. The number of rotatable bonds is 3. The molecule has 116 valence electrons. The molecule has 0 aliphatic carbocycles. The van der Waals surface area contributed by atoms with Gasteiger partial charge in [-0.15, -0.1) is 11.3 Å². The molecule has 1 unspecified atom stereocenters. The predicted molar refractivity (Wildman–Crippen MR) is 89.3 cm³/mol. The van der Waals surface area contributed by atoms with Crippen molar-refractivity contribution in [3.63, 3.8) is 0 Å². The summed E-state index contributed by atoms with van der Waals surface area (Å²) in [5, 5.41) is 6.10. The lowest BCUT2D eigenvalue weighted by Crippen LogP contribution is -2.23. The summed E-state index contributed by atoms with van der Waals surface area (Å²) < 4.78 is 5.39. The third kappa shape index (κ3) is 3.66. The molecule has 0 radical (unpaired) electrons. The molecule has 1 amide bonds. The second kappa shape index (κ2) is 7.22. The molecule has 0 bridgehead atoms. The van der Waals surface area contributed by atoms with E-state index >= 15 is 0 Å². The summed E-state index contributed by atoms with van der Waals surface area (Å²) in [6, 6.07) is 7.56. The molecule has 1 N–H and O–H groups in total. The number of hydrogen-bond donors (Lipinski definition) is 1. The molecule has 1 aliphatic rings. The molecule has 0 spiro atoms. The van der Waals surface area contributed by atoms with Gasteiger partial charge >= 0.3 is 0 Å². The predicted octanol–water partition coefficient (Wildman–Crippen LogP) is 4.22. The van der Waals surface area contributed by atoms with Crippen molar-refractivity contribution in [2.75, 3.05) is 18.5 Å². The van der Waals surface area contributed by atoms with Crippen molar-refractivity contribution in [3.8, 4) is 11.3 Å². The molecule has 1 fully saturated rings. The number of anilines is 1. The molecule has 4 nitrogen and oxygen atoms in total. The highest BCUT2D eigenvalue weighted by Gasteiger charge is 2.21. The second-order valence-electron chi connectivity index (χ2n) is 5.25. The maximum atomic E-state index is 12.3. The van der Waals surface area contributed by atoms with Gasteiger partial charge in [-0.3, -0.25) is 4.79 Å². The molecule has 1 atom stereocenters. The van der Waals surface area contributed by atoms with E-state index in [0.29, 0.717) is 16.8 Å². The van der Waals surface area contributed by atoms with Crippen LogP contribution in [0.15, 0.2) is 29.6 Å². The number of hydrogen-bond acceptors (Lipinski definition) is 4. The number of ether oxygens (including phenoxy) is 1. The summed E-state index contributed by atoms with van der Waals surface area (Å²) >= 11 is 7.59. The molecule has 1 aliphatic heterocycles. The average Bonchev–Trinajstić information content (AvgIpc) is 2.81. The minimum Gasteiger partial charge on any atom is -0.381 e. The van der Waals surface area contributed by atoms with Gasteiger partial charge in [-0.1, -0.05) is 29.8 Å². The van der Waals surface area contributed by atoms with Gasteiger partial charge in [-0.05, 0) is 25.3 Å². The number of aromatic nitrogens is 1. The Morgan fingerprint density at radius 1 is 1.32 bits per heavy atom. The second-order valence-corrected chi connectivity index (χ2v) is 6.51. The topological polar surface area (TPSA) is 51.2 Å². The number of nitrogens with zero attached hydrogens (tertiary/aromatic N) is 1. The fraction of sp³-hybridized carbons (Fsp3) is 0.375. The van der Waals surface area contributed by atoms with Crippen LogP contribution in [0.2, 0.25) is 5.02 Å². The summed E-state index contributed by atoms with van der Waals surface area (Å²) in [4.78, 5) is 16.8. The highest BCUT2D eigenvalue weighted by atomic mass is 35.5. The van der Waals surface area contributed by atoms with Gasteiger partial charge < -0.3 is 10.1 Å². The van der Waals surface area contributed by atoms with Crippen LogP contribution in [-0.4, -0.2) is 24.1 Å². The van der Waals surface area contributed by atoms with Gasteiger partial charge in [0.25, 0.3) is 0 Å².